The molecule has 1 atom stereocenters. The van der Waals surface area contributed by atoms with Gasteiger partial charge in [0.25, 0.3) is 0 Å². The van der Waals surface area contributed by atoms with Crippen LogP contribution >= 0.6 is 11.3 Å². The smallest absolute Gasteiger partial charge is 0.242 e. The van der Waals surface area contributed by atoms with Gasteiger partial charge in [0, 0.05) is 31.9 Å². The van der Waals surface area contributed by atoms with E-state index in [1.807, 2.05) is 6.92 Å². The normalized spacial score (nSPS) is 16.3. The number of piperazine rings is 1. The number of hydrogen-bond acceptors (Lipinski definition) is 5. The van der Waals surface area contributed by atoms with E-state index < -0.39 is 0 Å². The molecule has 0 aliphatic carbocycles. The molecule has 3 rings (SSSR count). The molecule has 0 radical (unpaired) electrons. The van der Waals surface area contributed by atoms with Crippen LogP contribution in [0.4, 0.5) is 15.1 Å². The molecule has 1 aliphatic rings. The lowest BCUT2D eigenvalue weighted by atomic mass is 10.2. The highest BCUT2D eigenvalue weighted by Gasteiger charge is 2.26. The molecular weight excluding hydrogens is 339 g/mol. The predicted molar refractivity (Wildman–Crippen MR) is 97.3 cm³/mol. The molecule has 0 bridgehead atoms. The molecule has 1 aromatic heterocycles. The van der Waals surface area contributed by atoms with Crippen molar-refractivity contribution in [2.75, 3.05) is 36.4 Å². The predicted octanol–water partition coefficient (Wildman–Crippen LogP) is 2.91. The summed E-state index contributed by atoms with van der Waals surface area (Å²) in [4.78, 5) is 16.8. The largest absolute Gasteiger partial charge is 0.369 e. The van der Waals surface area contributed by atoms with E-state index in [0.29, 0.717) is 10.6 Å². The lowest BCUT2D eigenvalue weighted by molar-refractivity contribution is -0.120. The number of carbonyl (C=O) groups excluding carboxylic acids is 1. The first-order valence-corrected chi connectivity index (χ1v) is 8.99. The van der Waals surface area contributed by atoms with Crippen molar-refractivity contribution in [1.29, 1.82) is 5.26 Å². The minimum Gasteiger partial charge on any atom is -0.369 e. The summed E-state index contributed by atoms with van der Waals surface area (Å²) in [7, 11) is 0. The van der Waals surface area contributed by atoms with Gasteiger partial charge in [-0.05, 0) is 42.6 Å². The quantitative estimate of drug-likeness (QED) is 0.913. The van der Waals surface area contributed by atoms with Crippen LogP contribution < -0.4 is 10.2 Å². The summed E-state index contributed by atoms with van der Waals surface area (Å²) >= 11 is 1.35. The Bertz CT molecular complexity index is 775. The van der Waals surface area contributed by atoms with E-state index in [2.05, 4.69) is 21.2 Å². The van der Waals surface area contributed by atoms with Crippen LogP contribution in [0.5, 0.6) is 0 Å². The van der Waals surface area contributed by atoms with Crippen molar-refractivity contribution in [3.8, 4) is 6.07 Å². The van der Waals surface area contributed by atoms with Crippen molar-refractivity contribution in [2.45, 2.75) is 13.0 Å². The first kappa shape index (κ1) is 17.4. The molecule has 1 fully saturated rings. The van der Waals surface area contributed by atoms with Gasteiger partial charge in [0.15, 0.2) is 0 Å². The second kappa shape index (κ2) is 7.64. The van der Waals surface area contributed by atoms with Gasteiger partial charge in [0.05, 0.1) is 11.6 Å². The summed E-state index contributed by atoms with van der Waals surface area (Å²) in [5.74, 6) is -0.341. The average molecular weight is 358 g/mol. The second-order valence-electron chi connectivity index (χ2n) is 5.94. The van der Waals surface area contributed by atoms with E-state index in [4.69, 9.17) is 5.26 Å². The van der Waals surface area contributed by atoms with Crippen molar-refractivity contribution < 1.29 is 9.18 Å². The number of thiophene rings is 1. The minimum atomic E-state index is -0.274. The molecule has 0 spiro atoms. The Hall–Kier alpha value is -2.43. The SMILES string of the molecule is CC(C(=O)Nc1sccc1C#N)N1CCN(c2ccc(F)cc2)CC1. The number of nitrogens with one attached hydrogen (secondary N) is 1. The van der Waals surface area contributed by atoms with Gasteiger partial charge in [-0.25, -0.2) is 4.39 Å². The maximum Gasteiger partial charge on any atom is 0.242 e. The van der Waals surface area contributed by atoms with Crippen molar-refractivity contribution in [3.05, 3.63) is 47.1 Å². The van der Waals surface area contributed by atoms with Gasteiger partial charge in [0.2, 0.25) is 5.91 Å². The van der Waals surface area contributed by atoms with Gasteiger partial charge in [-0.2, -0.15) is 5.26 Å². The highest BCUT2D eigenvalue weighted by Crippen LogP contribution is 2.23. The van der Waals surface area contributed by atoms with E-state index >= 15 is 0 Å². The minimum absolute atomic E-state index is 0.103. The van der Waals surface area contributed by atoms with Crippen molar-refractivity contribution in [1.82, 2.24) is 4.90 Å². The summed E-state index contributed by atoms with van der Waals surface area (Å²) in [6, 6.07) is 9.99. The summed E-state index contributed by atoms with van der Waals surface area (Å²) in [6.07, 6.45) is 0. The van der Waals surface area contributed by atoms with E-state index in [9.17, 15) is 9.18 Å². The number of carbonyl (C=O) groups is 1. The van der Waals surface area contributed by atoms with Gasteiger partial charge in [0.1, 0.15) is 16.9 Å². The molecule has 7 heteroatoms. The molecule has 25 heavy (non-hydrogen) atoms. The van der Waals surface area contributed by atoms with Crippen LogP contribution in [-0.4, -0.2) is 43.0 Å². The Kier molecular flexibility index (Phi) is 5.31. The fraction of sp³-hybridized carbons (Fsp3) is 0.333. The maximum absolute atomic E-state index is 13.0. The molecule has 2 heterocycles. The van der Waals surface area contributed by atoms with Gasteiger partial charge < -0.3 is 10.2 Å². The number of halogens is 1. The second-order valence-corrected chi connectivity index (χ2v) is 6.86. The zero-order chi connectivity index (χ0) is 17.8. The summed E-state index contributed by atoms with van der Waals surface area (Å²) in [5, 5.41) is 14.3. The van der Waals surface area contributed by atoms with E-state index in [0.717, 1.165) is 31.9 Å². The lowest BCUT2D eigenvalue weighted by Gasteiger charge is -2.38. The summed E-state index contributed by atoms with van der Waals surface area (Å²) < 4.78 is 13.0. The van der Waals surface area contributed by atoms with E-state index in [1.165, 1.54) is 23.5 Å². The molecule has 1 saturated heterocycles. The molecule has 130 valence electrons. The molecule has 1 aromatic carbocycles. The number of nitriles is 1. The third kappa shape index (κ3) is 3.98. The Morgan fingerprint density at radius 2 is 1.92 bits per heavy atom. The van der Waals surface area contributed by atoms with Gasteiger partial charge in [-0.1, -0.05) is 0 Å². The van der Waals surface area contributed by atoms with Gasteiger partial charge >= 0.3 is 0 Å². The molecular formula is C18H19FN4OS. The van der Waals surface area contributed by atoms with Crippen LogP contribution in [0, 0.1) is 17.1 Å². The Morgan fingerprint density at radius 1 is 1.24 bits per heavy atom. The Morgan fingerprint density at radius 3 is 2.56 bits per heavy atom. The molecule has 1 aliphatic heterocycles. The highest BCUT2D eigenvalue weighted by molar-refractivity contribution is 7.14. The van der Waals surface area contributed by atoms with Crippen molar-refractivity contribution >= 4 is 27.9 Å². The summed E-state index contributed by atoms with van der Waals surface area (Å²) in [5.41, 5.74) is 1.49. The number of hydrogen-bond donors (Lipinski definition) is 1. The van der Waals surface area contributed by atoms with Crippen LogP contribution in [0.2, 0.25) is 0 Å². The molecule has 1 unspecified atom stereocenters. The fourth-order valence-corrected chi connectivity index (χ4v) is 3.64. The van der Waals surface area contributed by atoms with Crippen LogP contribution in [0.1, 0.15) is 12.5 Å². The lowest BCUT2D eigenvalue weighted by Crippen LogP contribution is -2.52. The van der Waals surface area contributed by atoms with Crippen LogP contribution in [0.15, 0.2) is 35.7 Å². The summed E-state index contributed by atoms with van der Waals surface area (Å²) in [6.45, 7) is 4.95. The molecule has 1 amide bonds. The van der Waals surface area contributed by atoms with Crippen molar-refractivity contribution in [2.24, 2.45) is 0 Å². The number of nitrogens with zero attached hydrogens (tertiary/aromatic N) is 3. The van der Waals surface area contributed by atoms with E-state index in [1.54, 1.807) is 23.6 Å². The zero-order valence-electron chi connectivity index (χ0n) is 13.9. The molecule has 5 nitrogen and oxygen atoms in total. The maximum atomic E-state index is 13.0. The van der Waals surface area contributed by atoms with Gasteiger partial charge in [-0.15, -0.1) is 11.3 Å². The Labute approximate surface area is 150 Å². The molecule has 0 saturated carbocycles. The fourth-order valence-electron chi connectivity index (χ4n) is 2.90. The standard InChI is InChI=1S/C18H19FN4OS/c1-13(17(24)21-18-14(12-20)6-11-25-18)22-7-9-23(10-8-22)16-4-2-15(19)3-5-16/h2-6,11,13H,7-10H2,1H3,(H,21,24). The first-order chi connectivity index (χ1) is 12.1. The third-order valence-electron chi connectivity index (χ3n) is 4.46. The highest BCUT2D eigenvalue weighted by atomic mass is 32.1. The van der Waals surface area contributed by atoms with Crippen molar-refractivity contribution in [3.63, 3.8) is 0 Å². The monoisotopic (exact) mass is 358 g/mol. The number of benzene rings is 1. The average Bonchev–Trinajstić information content (AvgIpc) is 3.09. The number of anilines is 2. The first-order valence-electron chi connectivity index (χ1n) is 8.11. The van der Waals surface area contributed by atoms with Crippen LogP contribution in [0.25, 0.3) is 0 Å². The number of amides is 1. The third-order valence-corrected chi connectivity index (χ3v) is 5.29. The molecule has 1 N–H and O–H groups in total. The van der Waals surface area contributed by atoms with Crippen LogP contribution in [0.3, 0.4) is 0 Å². The van der Waals surface area contributed by atoms with Crippen LogP contribution in [-0.2, 0) is 4.79 Å². The van der Waals surface area contributed by atoms with Gasteiger partial charge in [-0.3, -0.25) is 9.69 Å². The Balaban J connectivity index is 1.56. The number of rotatable bonds is 4. The zero-order valence-corrected chi connectivity index (χ0v) is 14.7. The topological polar surface area (TPSA) is 59.4 Å². The van der Waals surface area contributed by atoms with E-state index in [-0.39, 0.29) is 17.8 Å². The molecule has 2 aromatic rings.